The van der Waals surface area contributed by atoms with Crippen LogP contribution >= 0.6 is 0 Å². The molecule has 5 heteroatoms. The number of carbonyl (C=O) groups excluding carboxylic acids is 1. The Labute approximate surface area is 119 Å². The third-order valence-electron chi connectivity index (χ3n) is 3.16. The van der Waals surface area contributed by atoms with Crippen molar-refractivity contribution in [2.45, 2.75) is 38.9 Å². The first-order chi connectivity index (χ1) is 9.54. The van der Waals surface area contributed by atoms with Gasteiger partial charge in [-0.1, -0.05) is 0 Å². The first kappa shape index (κ1) is 14.5. The van der Waals surface area contributed by atoms with Gasteiger partial charge in [-0.15, -0.1) is 0 Å². The minimum absolute atomic E-state index is 0.00656. The Bertz CT molecular complexity index is 445. The number of anilines is 1. The first-order valence-corrected chi connectivity index (χ1v) is 7.02. The van der Waals surface area contributed by atoms with Crippen LogP contribution in [0.4, 0.5) is 10.5 Å². The molecule has 20 heavy (non-hydrogen) atoms. The molecule has 1 unspecified atom stereocenters. The molecule has 2 rings (SSSR count). The van der Waals surface area contributed by atoms with Gasteiger partial charge in [0.2, 0.25) is 0 Å². The summed E-state index contributed by atoms with van der Waals surface area (Å²) in [4.78, 5) is 13.6. The van der Waals surface area contributed by atoms with Gasteiger partial charge in [-0.3, -0.25) is 0 Å². The summed E-state index contributed by atoms with van der Waals surface area (Å²) in [6.45, 7) is 5.00. The Kier molecular flexibility index (Phi) is 4.71. The predicted molar refractivity (Wildman–Crippen MR) is 77.7 cm³/mol. The van der Waals surface area contributed by atoms with E-state index < -0.39 is 0 Å². The summed E-state index contributed by atoms with van der Waals surface area (Å²) in [5, 5.41) is 0. The number of nitrogens with two attached hydrogens (primary N) is 1. The highest BCUT2D eigenvalue weighted by Crippen LogP contribution is 2.20. The maximum atomic E-state index is 11.9. The average Bonchev–Trinajstić information content (AvgIpc) is 2.41. The molecule has 5 nitrogen and oxygen atoms in total. The van der Waals surface area contributed by atoms with E-state index in [1.54, 1.807) is 4.90 Å². The molecule has 1 aromatic carbocycles. The van der Waals surface area contributed by atoms with Gasteiger partial charge in [-0.25, -0.2) is 4.79 Å². The van der Waals surface area contributed by atoms with E-state index >= 15 is 0 Å². The van der Waals surface area contributed by atoms with Crippen molar-refractivity contribution < 1.29 is 14.3 Å². The number of piperidine rings is 1. The quantitative estimate of drug-likeness (QED) is 0.863. The average molecular weight is 278 g/mol. The van der Waals surface area contributed by atoms with Crippen molar-refractivity contribution in [3.63, 3.8) is 0 Å². The molecule has 0 radical (unpaired) electrons. The Morgan fingerprint density at radius 2 is 2.05 bits per heavy atom. The van der Waals surface area contributed by atoms with Gasteiger partial charge in [0, 0.05) is 12.2 Å². The van der Waals surface area contributed by atoms with E-state index in [2.05, 4.69) is 0 Å². The predicted octanol–water partition coefficient (Wildman–Crippen LogP) is 2.66. The van der Waals surface area contributed by atoms with Crippen LogP contribution < -0.4 is 10.5 Å². The van der Waals surface area contributed by atoms with Crippen LogP contribution in [-0.2, 0) is 4.74 Å². The van der Waals surface area contributed by atoms with Crippen molar-refractivity contribution in [3.05, 3.63) is 24.3 Å². The highest BCUT2D eigenvalue weighted by Gasteiger charge is 2.26. The molecule has 1 heterocycles. The minimum Gasteiger partial charge on any atom is -0.489 e. The van der Waals surface area contributed by atoms with Crippen molar-refractivity contribution in [1.29, 1.82) is 0 Å². The number of hydrogen-bond donors (Lipinski definition) is 1. The van der Waals surface area contributed by atoms with Crippen LogP contribution in [0, 0.1) is 0 Å². The van der Waals surface area contributed by atoms with Crippen LogP contribution in [0.15, 0.2) is 24.3 Å². The fourth-order valence-electron chi connectivity index (χ4n) is 2.22. The van der Waals surface area contributed by atoms with Crippen molar-refractivity contribution in [2.24, 2.45) is 0 Å². The van der Waals surface area contributed by atoms with Crippen LogP contribution in [-0.4, -0.2) is 36.3 Å². The lowest BCUT2D eigenvalue weighted by Crippen LogP contribution is -2.45. The third kappa shape index (κ3) is 4.05. The molecule has 1 atom stereocenters. The summed E-state index contributed by atoms with van der Waals surface area (Å²) < 4.78 is 11.1. The number of benzene rings is 1. The Morgan fingerprint density at radius 1 is 1.35 bits per heavy atom. The fraction of sp³-hybridized carbons (Fsp3) is 0.533. The Hall–Kier alpha value is -1.91. The standard InChI is InChI=1S/C15H22N2O3/c1-11(2)19-15(18)17-9-3-4-14(10-17)20-13-7-5-12(16)6-8-13/h5-8,11,14H,3-4,9-10,16H2,1-2H3. The number of likely N-dealkylation sites (tertiary alicyclic amines) is 1. The second-order valence-corrected chi connectivity index (χ2v) is 5.33. The summed E-state index contributed by atoms with van der Waals surface area (Å²) in [6.07, 6.45) is 1.52. The monoisotopic (exact) mass is 278 g/mol. The van der Waals surface area contributed by atoms with Crippen LogP contribution in [0.2, 0.25) is 0 Å². The molecule has 1 amide bonds. The molecule has 1 saturated heterocycles. The number of amides is 1. The summed E-state index contributed by atoms with van der Waals surface area (Å²) in [6, 6.07) is 7.31. The molecule has 0 bridgehead atoms. The van der Waals surface area contributed by atoms with Gasteiger partial charge in [0.05, 0.1) is 12.6 Å². The number of ether oxygens (including phenoxy) is 2. The highest BCUT2D eigenvalue weighted by molar-refractivity contribution is 5.68. The number of rotatable bonds is 3. The summed E-state index contributed by atoms with van der Waals surface area (Å²) in [5.74, 6) is 0.781. The summed E-state index contributed by atoms with van der Waals surface area (Å²) in [5.41, 5.74) is 6.35. The normalized spacial score (nSPS) is 18.9. The minimum atomic E-state index is -0.259. The topological polar surface area (TPSA) is 64.8 Å². The van der Waals surface area contributed by atoms with Crippen LogP contribution in [0.5, 0.6) is 5.75 Å². The lowest BCUT2D eigenvalue weighted by atomic mass is 10.1. The van der Waals surface area contributed by atoms with E-state index in [1.807, 2.05) is 38.1 Å². The van der Waals surface area contributed by atoms with E-state index in [0.717, 1.165) is 25.1 Å². The zero-order valence-electron chi connectivity index (χ0n) is 12.0. The molecule has 0 saturated carbocycles. The molecule has 0 aliphatic carbocycles. The van der Waals surface area contributed by atoms with Gasteiger partial charge in [0.25, 0.3) is 0 Å². The highest BCUT2D eigenvalue weighted by atomic mass is 16.6. The van der Waals surface area contributed by atoms with E-state index in [9.17, 15) is 4.79 Å². The Balaban J connectivity index is 1.90. The van der Waals surface area contributed by atoms with Crippen LogP contribution in [0.3, 0.4) is 0 Å². The molecule has 2 N–H and O–H groups in total. The second kappa shape index (κ2) is 6.50. The zero-order valence-corrected chi connectivity index (χ0v) is 12.0. The third-order valence-corrected chi connectivity index (χ3v) is 3.16. The van der Waals surface area contributed by atoms with Crippen LogP contribution in [0.25, 0.3) is 0 Å². The molecule has 0 spiro atoms. The van der Waals surface area contributed by atoms with Gasteiger partial charge >= 0.3 is 6.09 Å². The van der Waals surface area contributed by atoms with E-state index in [-0.39, 0.29) is 18.3 Å². The summed E-state index contributed by atoms with van der Waals surface area (Å²) >= 11 is 0. The molecular formula is C15H22N2O3. The molecule has 1 aliphatic rings. The smallest absolute Gasteiger partial charge is 0.410 e. The summed E-state index contributed by atoms with van der Waals surface area (Å²) in [7, 11) is 0. The number of nitrogen functional groups attached to an aromatic ring is 1. The maximum absolute atomic E-state index is 11.9. The molecular weight excluding hydrogens is 256 g/mol. The van der Waals surface area contributed by atoms with E-state index in [4.69, 9.17) is 15.2 Å². The molecule has 1 fully saturated rings. The first-order valence-electron chi connectivity index (χ1n) is 7.02. The second-order valence-electron chi connectivity index (χ2n) is 5.33. The SMILES string of the molecule is CC(C)OC(=O)N1CCCC(Oc2ccc(N)cc2)C1. The van der Waals surface area contributed by atoms with Crippen molar-refractivity contribution >= 4 is 11.8 Å². The largest absolute Gasteiger partial charge is 0.489 e. The number of hydrogen-bond acceptors (Lipinski definition) is 4. The lowest BCUT2D eigenvalue weighted by Gasteiger charge is -2.32. The van der Waals surface area contributed by atoms with Gasteiger partial charge in [0.15, 0.2) is 0 Å². The number of carbonyl (C=O) groups is 1. The molecule has 1 aromatic rings. The molecule has 110 valence electrons. The van der Waals surface area contributed by atoms with Gasteiger partial charge in [-0.2, -0.15) is 0 Å². The molecule has 1 aliphatic heterocycles. The van der Waals surface area contributed by atoms with E-state index in [1.165, 1.54) is 0 Å². The maximum Gasteiger partial charge on any atom is 0.410 e. The van der Waals surface area contributed by atoms with Gasteiger partial charge < -0.3 is 20.1 Å². The van der Waals surface area contributed by atoms with Crippen molar-refractivity contribution in [3.8, 4) is 5.75 Å². The Morgan fingerprint density at radius 3 is 2.70 bits per heavy atom. The van der Waals surface area contributed by atoms with Gasteiger partial charge in [0.1, 0.15) is 11.9 Å². The van der Waals surface area contributed by atoms with Crippen LogP contribution in [0.1, 0.15) is 26.7 Å². The zero-order chi connectivity index (χ0) is 14.5. The van der Waals surface area contributed by atoms with Gasteiger partial charge in [-0.05, 0) is 51.0 Å². The molecule has 0 aromatic heterocycles. The van der Waals surface area contributed by atoms with Crippen molar-refractivity contribution in [1.82, 2.24) is 4.90 Å². The van der Waals surface area contributed by atoms with E-state index in [0.29, 0.717) is 12.2 Å². The van der Waals surface area contributed by atoms with Crippen molar-refractivity contribution in [2.75, 3.05) is 18.8 Å². The number of nitrogens with zero attached hydrogens (tertiary/aromatic N) is 1. The lowest BCUT2D eigenvalue weighted by molar-refractivity contribution is 0.0440. The fourth-order valence-corrected chi connectivity index (χ4v) is 2.22.